The number of benzene rings is 1. The molecule has 1 aromatic carbocycles. The second-order valence-electron chi connectivity index (χ2n) is 4.21. The van der Waals surface area contributed by atoms with Gasteiger partial charge < -0.3 is 9.53 Å². The molecule has 0 fully saturated rings. The largest absolute Gasteiger partial charge is 0.493 e. The van der Waals surface area contributed by atoms with Crippen LogP contribution in [-0.4, -0.2) is 12.4 Å². The Balaban J connectivity index is 2.66. The van der Waals surface area contributed by atoms with E-state index in [2.05, 4.69) is 6.07 Å². The van der Waals surface area contributed by atoms with Gasteiger partial charge in [-0.15, -0.1) is 0 Å². The Bertz CT molecular complexity index is 435. The van der Waals surface area contributed by atoms with Crippen LogP contribution in [0.15, 0.2) is 12.1 Å². The fourth-order valence-electron chi connectivity index (χ4n) is 1.74. The second kappa shape index (κ2) is 6.05. The molecular weight excluding hydrogens is 214 g/mol. The van der Waals surface area contributed by atoms with E-state index in [9.17, 15) is 4.79 Å². The molecule has 1 aromatic rings. The summed E-state index contributed by atoms with van der Waals surface area (Å²) in [6, 6.07) is 5.74. The lowest BCUT2D eigenvalue weighted by molar-refractivity contribution is -0.117. The maximum absolute atomic E-state index is 10.8. The third kappa shape index (κ3) is 3.92. The van der Waals surface area contributed by atoms with Gasteiger partial charge in [0.25, 0.3) is 0 Å². The van der Waals surface area contributed by atoms with Gasteiger partial charge in [-0.25, -0.2) is 0 Å². The first kappa shape index (κ1) is 13.2. The average Bonchev–Trinajstić information content (AvgIpc) is 2.26. The van der Waals surface area contributed by atoms with Crippen molar-refractivity contribution in [2.75, 3.05) is 6.61 Å². The molecular formula is C14H17NO2. The molecule has 0 amide bonds. The number of rotatable bonds is 5. The molecule has 1 rings (SSSR count). The van der Waals surface area contributed by atoms with Gasteiger partial charge in [-0.05, 0) is 50.5 Å². The highest BCUT2D eigenvalue weighted by Gasteiger charge is 2.06. The van der Waals surface area contributed by atoms with E-state index >= 15 is 0 Å². The maximum atomic E-state index is 10.8. The number of nitrogens with zero attached hydrogens (tertiary/aromatic N) is 1. The Labute approximate surface area is 102 Å². The van der Waals surface area contributed by atoms with Crippen molar-refractivity contribution < 1.29 is 9.53 Å². The lowest BCUT2D eigenvalue weighted by atomic mass is 10.1. The van der Waals surface area contributed by atoms with Gasteiger partial charge in [-0.2, -0.15) is 5.26 Å². The van der Waals surface area contributed by atoms with Gasteiger partial charge >= 0.3 is 0 Å². The number of nitriles is 1. The van der Waals surface area contributed by atoms with E-state index < -0.39 is 0 Å². The summed E-state index contributed by atoms with van der Waals surface area (Å²) in [6.07, 6.45) is 1.28. The number of ether oxygens (including phenoxy) is 1. The van der Waals surface area contributed by atoms with Gasteiger partial charge in [0.15, 0.2) is 0 Å². The summed E-state index contributed by atoms with van der Waals surface area (Å²) in [4.78, 5) is 10.8. The molecule has 3 heteroatoms. The number of aryl methyl sites for hydroxylation is 2. The van der Waals surface area contributed by atoms with Gasteiger partial charge in [0, 0.05) is 6.42 Å². The minimum Gasteiger partial charge on any atom is -0.493 e. The Kier molecular flexibility index (Phi) is 4.71. The zero-order valence-corrected chi connectivity index (χ0v) is 10.5. The summed E-state index contributed by atoms with van der Waals surface area (Å²) >= 11 is 0. The molecule has 0 atom stereocenters. The molecule has 90 valence electrons. The first-order valence-corrected chi connectivity index (χ1v) is 5.68. The summed E-state index contributed by atoms with van der Waals surface area (Å²) < 4.78 is 5.66. The molecule has 0 aromatic heterocycles. The minimum absolute atomic E-state index is 0.182. The lowest BCUT2D eigenvalue weighted by Crippen LogP contribution is -2.03. The van der Waals surface area contributed by atoms with Crippen molar-refractivity contribution >= 4 is 5.78 Å². The lowest BCUT2D eigenvalue weighted by Gasteiger charge is -2.12. The maximum Gasteiger partial charge on any atom is 0.129 e. The zero-order valence-electron chi connectivity index (χ0n) is 10.5. The number of carbonyl (C=O) groups is 1. The first-order chi connectivity index (χ1) is 8.04. The molecule has 0 heterocycles. The summed E-state index contributed by atoms with van der Waals surface area (Å²) in [5.74, 6) is 1.01. The Morgan fingerprint density at radius 3 is 2.41 bits per heavy atom. The number of Topliss-reactive ketones (excluding diaryl/α,β-unsaturated/α-hetero) is 1. The van der Waals surface area contributed by atoms with Gasteiger partial charge in [-0.3, -0.25) is 0 Å². The molecule has 0 bridgehead atoms. The van der Waals surface area contributed by atoms with Gasteiger partial charge in [-0.1, -0.05) is 0 Å². The number of hydrogen-bond acceptors (Lipinski definition) is 3. The topological polar surface area (TPSA) is 50.1 Å². The van der Waals surface area contributed by atoms with Crippen molar-refractivity contribution in [3.8, 4) is 11.8 Å². The van der Waals surface area contributed by atoms with E-state index in [1.807, 2.05) is 26.0 Å². The van der Waals surface area contributed by atoms with E-state index in [4.69, 9.17) is 10.00 Å². The Morgan fingerprint density at radius 2 is 1.94 bits per heavy atom. The van der Waals surface area contributed by atoms with Gasteiger partial charge in [0.05, 0.1) is 18.2 Å². The van der Waals surface area contributed by atoms with Gasteiger partial charge in [0.2, 0.25) is 0 Å². The van der Waals surface area contributed by atoms with Crippen LogP contribution in [0.4, 0.5) is 0 Å². The van der Waals surface area contributed by atoms with Crippen LogP contribution in [0.5, 0.6) is 5.75 Å². The van der Waals surface area contributed by atoms with Gasteiger partial charge in [0.1, 0.15) is 11.5 Å². The van der Waals surface area contributed by atoms with Crippen LogP contribution in [0.25, 0.3) is 0 Å². The summed E-state index contributed by atoms with van der Waals surface area (Å²) in [5.41, 5.74) is 2.57. The van der Waals surface area contributed by atoms with Crippen LogP contribution in [0.1, 0.15) is 36.5 Å². The summed E-state index contributed by atoms with van der Waals surface area (Å²) in [5, 5.41) is 8.82. The highest BCUT2D eigenvalue weighted by molar-refractivity contribution is 5.75. The van der Waals surface area contributed by atoms with Crippen molar-refractivity contribution in [3.05, 3.63) is 28.8 Å². The first-order valence-electron chi connectivity index (χ1n) is 5.68. The van der Waals surface area contributed by atoms with E-state index in [0.29, 0.717) is 18.6 Å². The van der Waals surface area contributed by atoms with Crippen molar-refractivity contribution in [1.29, 1.82) is 5.26 Å². The standard InChI is InChI=1S/C14H17NO2/c1-10-7-13(9-15)8-11(2)14(10)17-6-4-5-12(3)16/h7-8H,4-6H2,1-3H3. The molecule has 0 radical (unpaired) electrons. The minimum atomic E-state index is 0.182. The van der Waals surface area contributed by atoms with Crippen LogP contribution in [-0.2, 0) is 4.79 Å². The van der Waals surface area contributed by atoms with Crippen LogP contribution >= 0.6 is 0 Å². The fourth-order valence-corrected chi connectivity index (χ4v) is 1.74. The Morgan fingerprint density at radius 1 is 1.35 bits per heavy atom. The molecule has 0 unspecified atom stereocenters. The molecule has 0 saturated heterocycles. The summed E-state index contributed by atoms with van der Waals surface area (Å²) in [7, 11) is 0. The Hall–Kier alpha value is -1.82. The smallest absolute Gasteiger partial charge is 0.129 e. The molecule has 0 aliphatic carbocycles. The molecule has 0 saturated carbocycles. The average molecular weight is 231 g/mol. The number of hydrogen-bond donors (Lipinski definition) is 0. The number of carbonyl (C=O) groups excluding carboxylic acids is 1. The molecule has 0 aliphatic heterocycles. The fraction of sp³-hybridized carbons (Fsp3) is 0.429. The quantitative estimate of drug-likeness (QED) is 0.732. The van der Waals surface area contributed by atoms with Crippen molar-refractivity contribution in [1.82, 2.24) is 0 Å². The third-order valence-corrected chi connectivity index (χ3v) is 2.51. The van der Waals surface area contributed by atoms with Crippen LogP contribution in [0.2, 0.25) is 0 Å². The molecule has 0 spiro atoms. The van der Waals surface area contributed by atoms with Crippen molar-refractivity contribution in [3.63, 3.8) is 0 Å². The van der Waals surface area contributed by atoms with Crippen molar-refractivity contribution in [2.24, 2.45) is 0 Å². The third-order valence-electron chi connectivity index (χ3n) is 2.51. The zero-order chi connectivity index (χ0) is 12.8. The van der Waals surface area contributed by atoms with Crippen molar-refractivity contribution in [2.45, 2.75) is 33.6 Å². The highest BCUT2D eigenvalue weighted by atomic mass is 16.5. The van der Waals surface area contributed by atoms with E-state index in [0.717, 1.165) is 23.3 Å². The van der Waals surface area contributed by atoms with Crippen LogP contribution in [0, 0.1) is 25.2 Å². The predicted octanol–water partition coefficient (Wildman–Crippen LogP) is 2.92. The molecule has 17 heavy (non-hydrogen) atoms. The molecule has 3 nitrogen and oxygen atoms in total. The van der Waals surface area contributed by atoms with Crippen LogP contribution in [0.3, 0.4) is 0 Å². The monoisotopic (exact) mass is 231 g/mol. The summed E-state index contributed by atoms with van der Waals surface area (Å²) in [6.45, 7) is 5.97. The number of ketones is 1. The van der Waals surface area contributed by atoms with E-state index in [1.165, 1.54) is 0 Å². The predicted molar refractivity (Wildman–Crippen MR) is 66.0 cm³/mol. The highest BCUT2D eigenvalue weighted by Crippen LogP contribution is 2.24. The van der Waals surface area contributed by atoms with E-state index in [-0.39, 0.29) is 5.78 Å². The normalized spacial score (nSPS) is 9.76. The molecule has 0 N–H and O–H groups in total. The molecule has 0 aliphatic rings. The van der Waals surface area contributed by atoms with Crippen LogP contribution < -0.4 is 4.74 Å². The van der Waals surface area contributed by atoms with E-state index in [1.54, 1.807) is 6.92 Å². The SMILES string of the molecule is CC(=O)CCCOc1c(C)cc(C#N)cc1C. The second-order valence-corrected chi connectivity index (χ2v) is 4.21.